The monoisotopic (exact) mass is 302 g/mol. The second kappa shape index (κ2) is 6.16. The molecule has 112 valence electrons. The molecule has 0 spiro atoms. The zero-order valence-corrected chi connectivity index (χ0v) is 13.3. The molecule has 1 fully saturated rings. The van der Waals surface area contributed by atoms with Gasteiger partial charge in [-0.1, -0.05) is 37.8 Å². The highest BCUT2D eigenvalue weighted by Gasteiger charge is 2.31. The average molecular weight is 302 g/mol. The number of thiazole rings is 1. The first-order valence-corrected chi connectivity index (χ1v) is 8.48. The van der Waals surface area contributed by atoms with Crippen molar-refractivity contribution in [2.45, 2.75) is 44.1 Å². The van der Waals surface area contributed by atoms with Crippen LogP contribution in [0.25, 0.3) is 11.3 Å². The largest absolute Gasteiger partial charge is 0.497 e. The van der Waals surface area contributed by atoms with E-state index in [2.05, 4.69) is 11.4 Å². The fourth-order valence-electron chi connectivity index (χ4n) is 2.99. The summed E-state index contributed by atoms with van der Waals surface area (Å²) < 4.78 is 5.29. The molecular formula is C17H22N2OS. The number of methoxy groups -OCH3 is 1. The first kappa shape index (κ1) is 14.5. The molecule has 4 heteroatoms. The van der Waals surface area contributed by atoms with Gasteiger partial charge in [0, 0.05) is 10.9 Å². The Bertz CT molecular complexity index is 600. The highest BCUT2D eigenvalue weighted by atomic mass is 32.1. The minimum Gasteiger partial charge on any atom is -0.497 e. The maximum absolute atomic E-state index is 6.65. The summed E-state index contributed by atoms with van der Waals surface area (Å²) in [6.45, 7) is 0. The van der Waals surface area contributed by atoms with E-state index < -0.39 is 0 Å². The number of rotatable bonds is 3. The predicted octanol–water partition coefficient (Wildman–Crippen LogP) is 4.33. The highest BCUT2D eigenvalue weighted by molar-refractivity contribution is 7.10. The molecule has 1 aliphatic carbocycles. The van der Waals surface area contributed by atoms with Crippen molar-refractivity contribution in [2.24, 2.45) is 5.73 Å². The van der Waals surface area contributed by atoms with Crippen LogP contribution in [0.15, 0.2) is 29.6 Å². The van der Waals surface area contributed by atoms with E-state index >= 15 is 0 Å². The van der Waals surface area contributed by atoms with E-state index in [0.29, 0.717) is 0 Å². The highest BCUT2D eigenvalue weighted by Crippen LogP contribution is 2.37. The second-order valence-corrected chi connectivity index (χ2v) is 6.70. The summed E-state index contributed by atoms with van der Waals surface area (Å²) in [6, 6.07) is 8.04. The van der Waals surface area contributed by atoms with Crippen LogP contribution in [0.1, 0.15) is 43.5 Å². The Hall–Kier alpha value is -1.39. The molecule has 1 saturated carbocycles. The standard InChI is InChI=1S/C17H22N2OS/c1-20-14-8-6-7-13(11-14)15-12-21-16(19-15)17(18)9-4-2-3-5-10-17/h6-8,11-12H,2-5,9-10,18H2,1H3. The third-order valence-corrected chi connectivity index (χ3v) is 5.35. The van der Waals surface area contributed by atoms with Crippen LogP contribution < -0.4 is 10.5 Å². The number of hydrogen-bond acceptors (Lipinski definition) is 4. The van der Waals surface area contributed by atoms with Gasteiger partial charge in [0.05, 0.1) is 18.3 Å². The van der Waals surface area contributed by atoms with Crippen molar-refractivity contribution >= 4 is 11.3 Å². The summed E-state index contributed by atoms with van der Waals surface area (Å²) in [5, 5.41) is 3.20. The van der Waals surface area contributed by atoms with Gasteiger partial charge in [-0.25, -0.2) is 4.98 Å². The fraction of sp³-hybridized carbons (Fsp3) is 0.471. The Labute approximate surface area is 130 Å². The molecule has 0 radical (unpaired) electrons. The molecule has 0 atom stereocenters. The van der Waals surface area contributed by atoms with E-state index in [1.54, 1.807) is 18.4 Å². The van der Waals surface area contributed by atoms with Gasteiger partial charge in [0.15, 0.2) is 0 Å². The van der Waals surface area contributed by atoms with E-state index in [1.807, 2.05) is 18.2 Å². The van der Waals surface area contributed by atoms with Crippen LogP contribution in [-0.2, 0) is 5.54 Å². The van der Waals surface area contributed by atoms with Gasteiger partial charge in [0.25, 0.3) is 0 Å². The molecule has 3 nitrogen and oxygen atoms in total. The molecular weight excluding hydrogens is 280 g/mol. The van der Waals surface area contributed by atoms with Gasteiger partial charge in [-0.05, 0) is 25.0 Å². The summed E-state index contributed by atoms with van der Waals surface area (Å²) in [7, 11) is 1.69. The Kier molecular flexibility index (Phi) is 4.27. The SMILES string of the molecule is COc1cccc(-c2csc(C3(N)CCCCCC3)n2)c1. The maximum Gasteiger partial charge on any atom is 0.119 e. The molecule has 3 rings (SSSR count). The van der Waals surface area contributed by atoms with Gasteiger partial charge in [-0.3, -0.25) is 0 Å². The minimum absolute atomic E-state index is 0.224. The Morgan fingerprint density at radius 3 is 2.67 bits per heavy atom. The quantitative estimate of drug-likeness (QED) is 0.859. The summed E-state index contributed by atoms with van der Waals surface area (Å²) in [4.78, 5) is 4.83. The van der Waals surface area contributed by atoms with Crippen molar-refractivity contribution in [3.8, 4) is 17.0 Å². The van der Waals surface area contributed by atoms with Crippen LogP contribution in [0.4, 0.5) is 0 Å². The minimum atomic E-state index is -0.224. The number of nitrogens with zero attached hydrogens (tertiary/aromatic N) is 1. The Balaban J connectivity index is 1.88. The summed E-state index contributed by atoms with van der Waals surface area (Å²) >= 11 is 1.70. The number of ether oxygens (including phenoxy) is 1. The second-order valence-electron chi connectivity index (χ2n) is 5.84. The third-order valence-electron chi connectivity index (χ3n) is 4.29. The molecule has 0 aliphatic heterocycles. The summed E-state index contributed by atoms with van der Waals surface area (Å²) in [5.74, 6) is 0.860. The third kappa shape index (κ3) is 3.11. The van der Waals surface area contributed by atoms with Crippen LogP contribution in [0.3, 0.4) is 0 Å². The molecule has 1 heterocycles. The topological polar surface area (TPSA) is 48.1 Å². The van der Waals surface area contributed by atoms with Gasteiger partial charge in [0.2, 0.25) is 0 Å². The summed E-state index contributed by atoms with van der Waals surface area (Å²) in [6.07, 6.45) is 7.13. The molecule has 2 N–H and O–H groups in total. The van der Waals surface area contributed by atoms with Crippen molar-refractivity contribution in [1.82, 2.24) is 4.98 Å². The Morgan fingerprint density at radius 1 is 1.19 bits per heavy atom. The van der Waals surface area contributed by atoms with Gasteiger partial charge < -0.3 is 10.5 Å². The van der Waals surface area contributed by atoms with Crippen LogP contribution in [-0.4, -0.2) is 12.1 Å². The average Bonchev–Trinajstić information content (AvgIpc) is 2.92. The first-order chi connectivity index (χ1) is 10.2. The molecule has 0 bridgehead atoms. The van der Waals surface area contributed by atoms with Gasteiger partial charge in [-0.15, -0.1) is 11.3 Å². The van der Waals surface area contributed by atoms with E-state index in [1.165, 1.54) is 25.7 Å². The van der Waals surface area contributed by atoms with Crippen molar-refractivity contribution < 1.29 is 4.74 Å². The van der Waals surface area contributed by atoms with E-state index in [0.717, 1.165) is 34.9 Å². The lowest BCUT2D eigenvalue weighted by atomic mass is 9.92. The molecule has 21 heavy (non-hydrogen) atoms. The molecule has 1 aromatic heterocycles. The number of benzene rings is 1. The fourth-order valence-corrected chi connectivity index (χ4v) is 3.99. The van der Waals surface area contributed by atoms with Crippen molar-refractivity contribution in [1.29, 1.82) is 0 Å². The van der Waals surface area contributed by atoms with E-state index in [4.69, 9.17) is 15.5 Å². The zero-order valence-electron chi connectivity index (χ0n) is 12.5. The van der Waals surface area contributed by atoms with E-state index in [-0.39, 0.29) is 5.54 Å². The van der Waals surface area contributed by atoms with Crippen LogP contribution in [0, 0.1) is 0 Å². The molecule has 0 amide bonds. The van der Waals surface area contributed by atoms with Crippen molar-refractivity contribution in [3.05, 3.63) is 34.7 Å². The lowest BCUT2D eigenvalue weighted by Crippen LogP contribution is -2.35. The normalized spacial score (nSPS) is 18.2. The van der Waals surface area contributed by atoms with Gasteiger partial charge in [-0.2, -0.15) is 0 Å². The van der Waals surface area contributed by atoms with Gasteiger partial charge >= 0.3 is 0 Å². The van der Waals surface area contributed by atoms with Crippen LogP contribution >= 0.6 is 11.3 Å². The van der Waals surface area contributed by atoms with E-state index in [9.17, 15) is 0 Å². The maximum atomic E-state index is 6.65. The number of aromatic nitrogens is 1. The molecule has 0 saturated heterocycles. The molecule has 0 unspecified atom stereocenters. The van der Waals surface area contributed by atoms with Crippen molar-refractivity contribution in [2.75, 3.05) is 7.11 Å². The Morgan fingerprint density at radius 2 is 1.95 bits per heavy atom. The molecule has 1 aliphatic rings. The predicted molar refractivity (Wildman–Crippen MR) is 87.7 cm³/mol. The van der Waals surface area contributed by atoms with Gasteiger partial charge in [0.1, 0.15) is 10.8 Å². The van der Waals surface area contributed by atoms with Crippen LogP contribution in [0.5, 0.6) is 5.75 Å². The van der Waals surface area contributed by atoms with Crippen LogP contribution in [0.2, 0.25) is 0 Å². The molecule has 1 aromatic carbocycles. The lowest BCUT2D eigenvalue weighted by Gasteiger charge is -2.25. The smallest absolute Gasteiger partial charge is 0.119 e. The molecule has 2 aromatic rings. The first-order valence-electron chi connectivity index (χ1n) is 7.61. The number of hydrogen-bond donors (Lipinski definition) is 1. The summed E-state index contributed by atoms with van der Waals surface area (Å²) in [5.41, 5.74) is 8.52. The lowest BCUT2D eigenvalue weighted by molar-refractivity contribution is 0.384. The number of nitrogens with two attached hydrogens (primary N) is 1. The van der Waals surface area contributed by atoms with Crippen molar-refractivity contribution in [3.63, 3.8) is 0 Å². The zero-order chi connectivity index (χ0) is 14.7.